The minimum atomic E-state index is -0.654. The molecular formula is C17H24N4O. The van der Waals surface area contributed by atoms with Crippen molar-refractivity contribution in [3.63, 3.8) is 0 Å². The Morgan fingerprint density at radius 3 is 2.55 bits per heavy atom. The lowest BCUT2D eigenvalue weighted by atomic mass is 9.87. The van der Waals surface area contributed by atoms with Gasteiger partial charge in [-0.3, -0.25) is 0 Å². The predicted molar refractivity (Wildman–Crippen MR) is 87.6 cm³/mol. The van der Waals surface area contributed by atoms with Crippen molar-refractivity contribution in [1.29, 1.82) is 0 Å². The van der Waals surface area contributed by atoms with Gasteiger partial charge in [0.25, 0.3) is 0 Å². The first-order chi connectivity index (χ1) is 10.5. The monoisotopic (exact) mass is 300 g/mol. The van der Waals surface area contributed by atoms with Crippen molar-refractivity contribution in [1.82, 2.24) is 14.8 Å². The van der Waals surface area contributed by atoms with Crippen LogP contribution < -0.4 is 0 Å². The lowest BCUT2D eigenvalue weighted by molar-refractivity contribution is 0.529. The number of nitroso groups, excluding NO2 is 1. The summed E-state index contributed by atoms with van der Waals surface area (Å²) in [6.07, 6.45) is 4.46. The summed E-state index contributed by atoms with van der Waals surface area (Å²) in [4.78, 5) is 15.3. The quantitative estimate of drug-likeness (QED) is 0.716. The molecule has 1 atom stereocenters. The second kappa shape index (κ2) is 7.29. The molecule has 2 aromatic rings. The molecule has 1 aromatic carbocycles. The van der Waals surface area contributed by atoms with E-state index in [1.807, 2.05) is 12.1 Å². The Hall–Kier alpha value is -2.04. The summed E-state index contributed by atoms with van der Waals surface area (Å²) < 4.78 is 1.51. The minimum absolute atomic E-state index is 0.325. The highest BCUT2D eigenvalue weighted by molar-refractivity contribution is 5.40. The lowest BCUT2D eigenvalue weighted by Gasteiger charge is -2.21. The summed E-state index contributed by atoms with van der Waals surface area (Å²) in [7, 11) is 0. The SMILES string of the molecule is CC(C)CCc1cccc(C(N=O)n2cncn2)c1C(C)C. The zero-order chi connectivity index (χ0) is 16.1. The number of hydrogen-bond donors (Lipinski definition) is 0. The summed E-state index contributed by atoms with van der Waals surface area (Å²) >= 11 is 0. The van der Waals surface area contributed by atoms with Crippen molar-refractivity contribution < 1.29 is 0 Å². The molecule has 0 amide bonds. The fraction of sp³-hybridized carbons (Fsp3) is 0.529. The number of aromatic nitrogens is 3. The molecule has 0 saturated carbocycles. The maximum Gasteiger partial charge on any atom is 0.210 e. The van der Waals surface area contributed by atoms with E-state index in [4.69, 9.17) is 0 Å². The van der Waals surface area contributed by atoms with Crippen LogP contribution in [0.15, 0.2) is 36.0 Å². The average Bonchev–Trinajstić information content (AvgIpc) is 2.99. The predicted octanol–water partition coefficient (Wildman–Crippen LogP) is 4.30. The molecule has 0 spiro atoms. The van der Waals surface area contributed by atoms with Crippen LogP contribution in [0, 0.1) is 10.8 Å². The van der Waals surface area contributed by atoms with Crippen LogP contribution in [0.1, 0.15) is 62.9 Å². The molecule has 0 aliphatic rings. The fourth-order valence-corrected chi connectivity index (χ4v) is 2.82. The highest BCUT2D eigenvalue weighted by Crippen LogP contribution is 2.31. The third-order valence-corrected chi connectivity index (χ3v) is 3.86. The summed E-state index contributed by atoms with van der Waals surface area (Å²) in [5, 5.41) is 7.37. The van der Waals surface area contributed by atoms with Crippen LogP contribution in [-0.2, 0) is 6.42 Å². The molecule has 0 bridgehead atoms. The van der Waals surface area contributed by atoms with Gasteiger partial charge in [0.05, 0.1) is 0 Å². The van der Waals surface area contributed by atoms with Gasteiger partial charge in [-0.05, 0) is 41.0 Å². The zero-order valence-corrected chi connectivity index (χ0v) is 13.7. The first-order valence-electron chi connectivity index (χ1n) is 7.82. The van der Waals surface area contributed by atoms with E-state index in [1.165, 1.54) is 28.5 Å². The Kier molecular flexibility index (Phi) is 5.41. The van der Waals surface area contributed by atoms with Crippen LogP contribution in [0.5, 0.6) is 0 Å². The number of nitrogens with zero attached hydrogens (tertiary/aromatic N) is 4. The topological polar surface area (TPSA) is 60.1 Å². The molecular weight excluding hydrogens is 276 g/mol. The van der Waals surface area contributed by atoms with E-state index in [1.54, 1.807) is 0 Å². The highest BCUT2D eigenvalue weighted by Gasteiger charge is 2.22. The van der Waals surface area contributed by atoms with Crippen LogP contribution in [0.25, 0.3) is 0 Å². The van der Waals surface area contributed by atoms with Gasteiger partial charge >= 0.3 is 0 Å². The first kappa shape index (κ1) is 16.3. The largest absolute Gasteiger partial charge is 0.223 e. The Labute approximate surface area is 131 Å². The van der Waals surface area contributed by atoms with E-state index in [-0.39, 0.29) is 0 Å². The summed E-state index contributed by atoms with van der Waals surface area (Å²) in [6, 6.07) is 6.14. The standard InChI is InChI=1S/C17H24N4O/c1-12(2)8-9-14-6-5-7-15(16(14)13(3)4)17(20-22)21-11-18-10-19-21/h5-7,10-13,17H,8-9H2,1-4H3. The molecule has 0 radical (unpaired) electrons. The molecule has 0 saturated heterocycles. The van der Waals surface area contributed by atoms with Crippen molar-refractivity contribution in [3.05, 3.63) is 52.5 Å². The Bertz CT molecular complexity index is 605. The van der Waals surface area contributed by atoms with Crippen molar-refractivity contribution in [3.8, 4) is 0 Å². The Balaban J connectivity index is 2.46. The van der Waals surface area contributed by atoms with Crippen LogP contribution in [-0.4, -0.2) is 14.8 Å². The smallest absolute Gasteiger partial charge is 0.210 e. The lowest BCUT2D eigenvalue weighted by Crippen LogP contribution is -2.13. The van der Waals surface area contributed by atoms with Crippen LogP contribution in [0.2, 0.25) is 0 Å². The molecule has 1 aromatic heterocycles. The van der Waals surface area contributed by atoms with Gasteiger partial charge in [-0.1, -0.05) is 45.9 Å². The summed E-state index contributed by atoms with van der Waals surface area (Å²) in [5.74, 6) is 0.977. The molecule has 0 fully saturated rings. The molecule has 0 aliphatic carbocycles. The molecule has 1 heterocycles. The van der Waals surface area contributed by atoms with Gasteiger partial charge in [-0.25, -0.2) is 9.67 Å². The molecule has 22 heavy (non-hydrogen) atoms. The molecule has 118 valence electrons. The summed E-state index contributed by atoms with van der Waals surface area (Å²) in [5.41, 5.74) is 3.44. The number of benzene rings is 1. The van der Waals surface area contributed by atoms with E-state index < -0.39 is 6.17 Å². The van der Waals surface area contributed by atoms with Crippen molar-refractivity contribution in [2.45, 2.75) is 52.6 Å². The zero-order valence-electron chi connectivity index (χ0n) is 13.7. The number of rotatable bonds is 7. The molecule has 0 aliphatic heterocycles. The highest BCUT2D eigenvalue weighted by atomic mass is 16.3. The molecule has 0 N–H and O–H groups in total. The normalized spacial score (nSPS) is 12.8. The fourth-order valence-electron chi connectivity index (χ4n) is 2.82. The molecule has 1 unspecified atom stereocenters. The second-order valence-corrected chi connectivity index (χ2v) is 6.36. The van der Waals surface area contributed by atoms with E-state index in [0.29, 0.717) is 11.8 Å². The van der Waals surface area contributed by atoms with E-state index in [2.05, 4.69) is 49.0 Å². The average molecular weight is 300 g/mol. The van der Waals surface area contributed by atoms with E-state index in [9.17, 15) is 4.91 Å². The van der Waals surface area contributed by atoms with Crippen molar-refractivity contribution in [2.24, 2.45) is 11.1 Å². The molecule has 5 heteroatoms. The summed E-state index contributed by atoms with van der Waals surface area (Å²) in [6.45, 7) is 8.76. The Morgan fingerprint density at radius 2 is 2.00 bits per heavy atom. The molecule has 2 rings (SSSR count). The van der Waals surface area contributed by atoms with Gasteiger partial charge in [-0.2, -0.15) is 5.10 Å². The number of hydrogen-bond acceptors (Lipinski definition) is 4. The van der Waals surface area contributed by atoms with Crippen molar-refractivity contribution in [2.75, 3.05) is 0 Å². The van der Waals surface area contributed by atoms with Gasteiger partial charge in [0.1, 0.15) is 12.7 Å². The molecule has 5 nitrogen and oxygen atoms in total. The third-order valence-electron chi connectivity index (χ3n) is 3.86. The van der Waals surface area contributed by atoms with Crippen LogP contribution >= 0.6 is 0 Å². The van der Waals surface area contributed by atoms with E-state index >= 15 is 0 Å². The third kappa shape index (κ3) is 3.59. The van der Waals surface area contributed by atoms with Gasteiger partial charge < -0.3 is 0 Å². The second-order valence-electron chi connectivity index (χ2n) is 6.36. The number of aryl methyl sites for hydroxylation is 1. The maximum absolute atomic E-state index is 11.4. The minimum Gasteiger partial charge on any atom is -0.223 e. The van der Waals surface area contributed by atoms with Gasteiger partial charge in [0.15, 0.2) is 0 Å². The van der Waals surface area contributed by atoms with Gasteiger partial charge in [-0.15, -0.1) is 4.91 Å². The van der Waals surface area contributed by atoms with Gasteiger partial charge in [0.2, 0.25) is 6.17 Å². The van der Waals surface area contributed by atoms with Crippen molar-refractivity contribution >= 4 is 0 Å². The Morgan fingerprint density at radius 1 is 1.23 bits per heavy atom. The van der Waals surface area contributed by atoms with Gasteiger partial charge in [0, 0.05) is 5.56 Å². The van der Waals surface area contributed by atoms with Crippen LogP contribution in [0.3, 0.4) is 0 Å². The van der Waals surface area contributed by atoms with Crippen LogP contribution in [0.4, 0.5) is 0 Å². The maximum atomic E-state index is 11.4. The first-order valence-corrected chi connectivity index (χ1v) is 7.82. The van der Waals surface area contributed by atoms with E-state index in [0.717, 1.165) is 18.4 Å².